The summed E-state index contributed by atoms with van der Waals surface area (Å²) in [5.41, 5.74) is 4.04. The number of imidazole rings is 2. The first kappa shape index (κ1) is 41.7. The van der Waals surface area contributed by atoms with E-state index < -0.39 is 97.8 Å². The molecule has 2 aromatic heterocycles. The molecule has 0 spiro atoms. The van der Waals surface area contributed by atoms with Gasteiger partial charge in [-0.3, -0.25) is 14.5 Å². The zero-order valence-corrected chi connectivity index (χ0v) is 32.8. The number of amides is 4. The third kappa shape index (κ3) is 8.64. The van der Waals surface area contributed by atoms with Gasteiger partial charge in [0.25, 0.3) is 11.8 Å². The number of ether oxygens (including phenoxy) is 1. The van der Waals surface area contributed by atoms with Gasteiger partial charge in [-0.25, -0.2) is 37.1 Å². The first-order valence-electron chi connectivity index (χ1n) is 18.8. The van der Waals surface area contributed by atoms with E-state index in [4.69, 9.17) is 0 Å². The summed E-state index contributed by atoms with van der Waals surface area (Å²) in [6, 6.07) is 10.4. The van der Waals surface area contributed by atoms with Gasteiger partial charge in [-0.15, -0.1) is 0 Å². The molecule has 0 bridgehead atoms. The molecule has 58 heavy (non-hydrogen) atoms. The van der Waals surface area contributed by atoms with Crippen LogP contribution in [0.15, 0.2) is 60.9 Å². The zero-order chi connectivity index (χ0) is 42.3. The molecule has 6 rings (SSSR count). The molecule has 2 saturated heterocycles. The van der Waals surface area contributed by atoms with E-state index in [1.807, 2.05) is 48.5 Å². The zero-order valence-electron chi connectivity index (χ0n) is 32.8. The lowest BCUT2D eigenvalue weighted by atomic mass is 10.0. The largest absolute Gasteiger partial charge is 0.465 e. The Morgan fingerprint density at radius 3 is 1.55 bits per heavy atom. The van der Waals surface area contributed by atoms with Crippen LogP contribution in [0.2, 0.25) is 0 Å². The fourth-order valence-electron chi connectivity index (χ4n) is 7.63. The number of aromatic amines is 2. The van der Waals surface area contributed by atoms with Gasteiger partial charge in [0.15, 0.2) is 0 Å². The lowest BCUT2D eigenvalue weighted by Crippen LogP contribution is -2.52. The number of hydrogen-bond acceptors (Lipinski definition) is 7. The summed E-state index contributed by atoms with van der Waals surface area (Å²) < 4.78 is 63.7. The monoisotopic (exact) mass is 810 g/mol. The van der Waals surface area contributed by atoms with Crippen LogP contribution in [0.25, 0.3) is 33.6 Å². The Kier molecular flexibility index (Phi) is 11.6. The van der Waals surface area contributed by atoms with Gasteiger partial charge in [0.2, 0.25) is 11.8 Å². The third-order valence-electron chi connectivity index (χ3n) is 10.6. The normalized spacial score (nSPS) is 19.7. The molecule has 2 aliphatic rings. The van der Waals surface area contributed by atoms with Crippen molar-refractivity contribution in [2.24, 2.45) is 11.8 Å². The molecule has 18 heteroatoms. The lowest BCUT2D eigenvalue weighted by Gasteiger charge is -2.33. The Bertz CT molecular complexity index is 2140. The average molecular weight is 811 g/mol. The van der Waals surface area contributed by atoms with Crippen molar-refractivity contribution in [1.29, 1.82) is 0 Å². The predicted molar refractivity (Wildman–Crippen MR) is 204 cm³/mol. The second-order valence-electron chi connectivity index (χ2n) is 15.5. The lowest BCUT2D eigenvalue weighted by molar-refractivity contribution is -0.140. The maximum atomic E-state index is 14.8. The smallest absolute Gasteiger partial charge is 0.407 e. The maximum absolute atomic E-state index is 14.8. The summed E-state index contributed by atoms with van der Waals surface area (Å²) in [5.74, 6) is -8.24. The van der Waals surface area contributed by atoms with E-state index in [-0.39, 0.29) is 11.6 Å². The van der Waals surface area contributed by atoms with Gasteiger partial charge in [0.1, 0.15) is 23.7 Å². The van der Waals surface area contributed by atoms with Gasteiger partial charge in [0.05, 0.1) is 43.7 Å². The summed E-state index contributed by atoms with van der Waals surface area (Å²) in [7, 11) is 2.40. The summed E-state index contributed by atoms with van der Waals surface area (Å²) >= 11 is 0. The number of nitrogens with zero attached hydrogens (tertiary/aromatic N) is 5. The van der Waals surface area contributed by atoms with Crippen LogP contribution in [0.1, 0.15) is 64.3 Å². The number of likely N-dealkylation sites (N-methyl/N-ethyl adjacent to an activating group) is 1. The van der Waals surface area contributed by atoms with Crippen molar-refractivity contribution >= 4 is 24.0 Å². The van der Waals surface area contributed by atoms with Gasteiger partial charge >= 0.3 is 12.2 Å². The standard InChI is InChI=1S/C40H46F4N8O6/c1-21(2)31(49-37(55)58-6)35(53)51-19-39(41,42)15-29(51)33-45-17-27(47-33)25-11-7-23(8-12-25)24-9-13-26(14-10-24)28-18-46-34(48-28)30-16-40(43,44)20-52(30)36(54)32(22(3)4)50(5)38(56)57/h7-14,17-18,21-22,29-32H,15-16,19-20H2,1-6H3,(H,45,47)(H,46,48)(H,49,55)(H,56,57)/t29-,30-,31-,32-/m0/s1. The van der Waals surface area contributed by atoms with Crippen LogP contribution < -0.4 is 5.32 Å². The van der Waals surface area contributed by atoms with Crippen LogP contribution in [0.3, 0.4) is 0 Å². The third-order valence-corrected chi connectivity index (χ3v) is 10.6. The van der Waals surface area contributed by atoms with E-state index >= 15 is 0 Å². The summed E-state index contributed by atoms with van der Waals surface area (Å²) in [6.07, 6.45) is -0.321. The van der Waals surface area contributed by atoms with Crippen molar-refractivity contribution < 1.29 is 46.6 Å². The van der Waals surface area contributed by atoms with Crippen LogP contribution in [0.4, 0.5) is 27.2 Å². The van der Waals surface area contributed by atoms with Gasteiger partial charge < -0.3 is 34.9 Å². The molecule has 4 atom stereocenters. The second kappa shape index (κ2) is 16.1. The predicted octanol–water partition coefficient (Wildman–Crippen LogP) is 6.97. The minimum atomic E-state index is -3.19. The van der Waals surface area contributed by atoms with Crippen LogP contribution in [0.5, 0.6) is 0 Å². The Balaban J connectivity index is 1.15. The molecule has 0 unspecified atom stereocenters. The molecule has 4 N–H and O–H groups in total. The van der Waals surface area contributed by atoms with Crippen LogP contribution in [-0.2, 0) is 14.3 Å². The van der Waals surface area contributed by atoms with Gasteiger partial charge in [-0.2, -0.15) is 0 Å². The number of halogens is 4. The van der Waals surface area contributed by atoms with E-state index in [1.165, 1.54) is 7.05 Å². The molecule has 2 aromatic carbocycles. The number of hydrogen-bond donors (Lipinski definition) is 4. The number of benzene rings is 2. The van der Waals surface area contributed by atoms with Crippen molar-refractivity contribution in [2.75, 3.05) is 27.2 Å². The molecule has 14 nitrogen and oxygen atoms in total. The molecule has 0 radical (unpaired) electrons. The minimum absolute atomic E-state index is 0.165. The van der Waals surface area contributed by atoms with Crippen LogP contribution in [-0.4, -0.2) is 115 Å². The van der Waals surface area contributed by atoms with Gasteiger partial charge in [0, 0.05) is 43.4 Å². The molecule has 2 aliphatic heterocycles. The van der Waals surface area contributed by atoms with E-state index in [2.05, 4.69) is 30.0 Å². The molecule has 0 aliphatic carbocycles. The highest BCUT2D eigenvalue weighted by Gasteiger charge is 2.52. The van der Waals surface area contributed by atoms with Crippen molar-refractivity contribution in [3.63, 3.8) is 0 Å². The number of nitrogens with one attached hydrogen (secondary N) is 3. The Morgan fingerprint density at radius 2 is 1.17 bits per heavy atom. The maximum Gasteiger partial charge on any atom is 0.407 e. The summed E-state index contributed by atoms with van der Waals surface area (Å²) in [4.78, 5) is 68.6. The van der Waals surface area contributed by atoms with Crippen LogP contribution >= 0.6 is 0 Å². The van der Waals surface area contributed by atoms with Crippen molar-refractivity contribution in [3.05, 3.63) is 72.6 Å². The van der Waals surface area contributed by atoms with Crippen molar-refractivity contribution in [3.8, 4) is 33.6 Å². The molecule has 0 saturated carbocycles. The number of H-pyrrole nitrogens is 2. The molecule has 2 fully saturated rings. The summed E-state index contributed by atoms with van der Waals surface area (Å²) in [6.45, 7) is 5.03. The van der Waals surface area contributed by atoms with Gasteiger partial charge in [-0.05, 0) is 23.0 Å². The second-order valence-corrected chi connectivity index (χ2v) is 15.5. The fraction of sp³-hybridized carbons (Fsp3) is 0.450. The number of likely N-dealkylation sites (tertiary alicyclic amines) is 2. The number of carbonyl (C=O) groups is 4. The number of carboxylic acid groups (broad SMARTS) is 1. The Morgan fingerprint density at radius 1 is 0.759 bits per heavy atom. The van der Waals surface area contributed by atoms with E-state index in [1.54, 1.807) is 40.1 Å². The van der Waals surface area contributed by atoms with E-state index in [9.17, 15) is 41.8 Å². The highest BCUT2D eigenvalue weighted by molar-refractivity contribution is 5.87. The number of rotatable bonds is 11. The SMILES string of the molecule is COC(=O)N[C@H](C(=O)N1CC(F)(F)C[C@H]1c1nc(-c2ccc(-c3ccc(-c4c[nH]c([C@@H]5CC(F)(F)CN5C(=O)[C@H](C(C)C)N(C)C(=O)O)n4)cc3)cc2)c[nH]1)C(C)C. The highest BCUT2D eigenvalue weighted by atomic mass is 19.3. The van der Waals surface area contributed by atoms with Crippen molar-refractivity contribution in [2.45, 2.75) is 76.5 Å². The first-order chi connectivity index (χ1) is 27.3. The molecule has 4 aromatic rings. The molecular weight excluding hydrogens is 764 g/mol. The number of alkyl carbamates (subject to hydrolysis) is 1. The van der Waals surface area contributed by atoms with Gasteiger partial charge in [-0.1, -0.05) is 76.2 Å². The fourth-order valence-corrected chi connectivity index (χ4v) is 7.63. The quantitative estimate of drug-likeness (QED) is 0.118. The van der Waals surface area contributed by atoms with Crippen LogP contribution in [0, 0.1) is 11.8 Å². The van der Waals surface area contributed by atoms with E-state index in [0.717, 1.165) is 32.9 Å². The Hall–Kier alpha value is -5.94. The topological polar surface area (TPSA) is 177 Å². The summed E-state index contributed by atoms with van der Waals surface area (Å²) in [5, 5.41) is 12.0. The molecule has 310 valence electrons. The number of methoxy groups -OCH3 is 1. The van der Waals surface area contributed by atoms with E-state index in [0.29, 0.717) is 22.5 Å². The average Bonchev–Trinajstić information content (AvgIpc) is 3.98. The molecule has 4 amide bonds. The minimum Gasteiger partial charge on any atom is -0.465 e. The number of alkyl halides is 4. The molecule has 4 heterocycles. The number of carbonyl (C=O) groups excluding carboxylic acids is 3. The highest BCUT2D eigenvalue weighted by Crippen LogP contribution is 2.43. The molecular formula is C40H46F4N8O6. The first-order valence-corrected chi connectivity index (χ1v) is 18.8. The number of aromatic nitrogens is 4. The van der Waals surface area contributed by atoms with Crippen molar-refractivity contribution in [1.82, 2.24) is 40.0 Å². The Labute approximate surface area is 332 Å².